The molecule has 2 heterocycles. The number of thioether (sulfide) groups is 1. The molecule has 6 nitrogen and oxygen atoms in total. The average Bonchev–Trinajstić information content (AvgIpc) is 2.93. The summed E-state index contributed by atoms with van der Waals surface area (Å²) < 4.78 is 12.6. The second-order valence-electron chi connectivity index (χ2n) is 6.59. The van der Waals surface area contributed by atoms with Gasteiger partial charge in [-0.05, 0) is 48.9 Å². The predicted molar refractivity (Wildman–Crippen MR) is 116 cm³/mol. The molecule has 150 valence electrons. The first kappa shape index (κ1) is 19.7. The zero-order valence-electron chi connectivity index (χ0n) is 16.2. The van der Waals surface area contributed by atoms with Crippen molar-refractivity contribution in [2.75, 3.05) is 25.3 Å². The fraction of sp³-hybridized carbons (Fsp3) is 0.238. The molecule has 0 bridgehead atoms. The molecule has 1 aliphatic heterocycles. The Kier molecular flexibility index (Phi) is 5.43. The van der Waals surface area contributed by atoms with Crippen LogP contribution in [0.25, 0.3) is 5.69 Å². The number of aryl methyl sites for hydroxylation is 1. The summed E-state index contributed by atoms with van der Waals surface area (Å²) in [5.41, 5.74) is 3.67. The van der Waals surface area contributed by atoms with Crippen LogP contribution in [0.2, 0.25) is 5.02 Å². The summed E-state index contributed by atoms with van der Waals surface area (Å²) in [4.78, 5) is 12.5. The maximum atomic E-state index is 12.5. The lowest BCUT2D eigenvalue weighted by Crippen LogP contribution is -2.15. The Balaban J connectivity index is 1.86. The molecule has 1 aliphatic rings. The number of hydrogen-bond acceptors (Lipinski definition) is 5. The van der Waals surface area contributed by atoms with Crippen molar-refractivity contribution in [1.29, 1.82) is 0 Å². The SMILES string of the molecule is COc1ccc([C@H]2SCC(=O)Nc3c2c(C)nn3-c2ccc(Cl)cc2)cc1OC. The fourth-order valence-corrected chi connectivity index (χ4v) is 4.74. The van der Waals surface area contributed by atoms with Crippen molar-refractivity contribution in [1.82, 2.24) is 9.78 Å². The highest BCUT2D eigenvalue weighted by molar-refractivity contribution is 8.00. The minimum atomic E-state index is -0.0789. The number of aromatic nitrogens is 2. The van der Waals surface area contributed by atoms with E-state index in [1.54, 1.807) is 42.8 Å². The molecule has 0 unspecified atom stereocenters. The van der Waals surface area contributed by atoms with E-state index in [4.69, 9.17) is 26.2 Å². The van der Waals surface area contributed by atoms with Gasteiger partial charge in [-0.1, -0.05) is 17.7 Å². The third-order valence-electron chi connectivity index (χ3n) is 4.79. The van der Waals surface area contributed by atoms with Gasteiger partial charge < -0.3 is 14.8 Å². The maximum Gasteiger partial charge on any atom is 0.235 e. The van der Waals surface area contributed by atoms with Crippen molar-refractivity contribution in [3.63, 3.8) is 0 Å². The number of fused-ring (bicyclic) bond motifs is 1. The number of anilines is 1. The topological polar surface area (TPSA) is 65.4 Å². The quantitative estimate of drug-likeness (QED) is 0.655. The number of nitrogens with zero attached hydrogens (tertiary/aromatic N) is 2. The molecule has 29 heavy (non-hydrogen) atoms. The third-order valence-corrected chi connectivity index (χ3v) is 6.31. The number of hydrogen-bond donors (Lipinski definition) is 1. The number of rotatable bonds is 4. The summed E-state index contributed by atoms with van der Waals surface area (Å²) in [5.74, 6) is 2.28. The van der Waals surface area contributed by atoms with Crippen LogP contribution in [0.5, 0.6) is 11.5 Å². The molecule has 1 amide bonds. The first-order valence-corrected chi connectivity index (χ1v) is 10.4. The number of nitrogens with one attached hydrogen (secondary N) is 1. The highest BCUT2D eigenvalue weighted by Gasteiger charge is 2.31. The van der Waals surface area contributed by atoms with Crippen LogP contribution in [0, 0.1) is 6.92 Å². The Morgan fingerprint density at radius 3 is 2.55 bits per heavy atom. The average molecular weight is 430 g/mol. The van der Waals surface area contributed by atoms with Crippen LogP contribution in [-0.4, -0.2) is 35.7 Å². The van der Waals surface area contributed by atoms with E-state index in [9.17, 15) is 4.79 Å². The van der Waals surface area contributed by atoms with Crippen molar-refractivity contribution in [3.8, 4) is 17.2 Å². The maximum absolute atomic E-state index is 12.5. The van der Waals surface area contributed by atoms with Crippen LogP contribution in [0.1, 0.15) is 22.1 Å². The summed E-state index contributed by atoms with van der Waals surface area (Å²) >= 11 is 7.59. The Morgan fingerprint density at radius 2 is 1.86 bits per heavy atom. The molecule has 3 aromatic rings. The van der Waals surface area contributed by atoms with Crippen molar-refractivity contribution >= 4 is 35.1 Å². The van der Waals surface area contributed by atoms with Gasteiger partial charge in [0.25, 0.3) is 0 Å². The summed E-state index contributed by atoms with van der Waals surface area (Å²) in [6.45, 7) is 1.96. The van der Waals surface area contributed by atoms with Gasteiger partial charge in [0.15, 0.2) is 11.5 Å². The molecule has 1 aromatic heterocycles. The lowest BCUT2D eigenvalue weighted by Gasteiger charge is -2.17. The zero-order chi connectivity index (χ0) is 20.5. The van der Waals surface area contributed by atoms with Crippen molar-refractivity contribution in [2.45, 2.75) is 12.2 Å². The first-order chi connectivity index (χ1) is 14.0. The van der Waals surface area contributed by atoms with Crippen LogP contribution >= 0.6 is 23.4 Å². The van der Waals surface area contributed by atoms with Crippen LogP contribution in [0.4, 0.5) is 5.82 Å². The molecule has 0 spiro atoms. The summed E-state index contributed by atoms with van der Waals surface area (Å²) in [5, 5.41) is 8.30. The van der Waals surface area contributed by atoms with Gasteiger partial charge >= 0.3 is 0 Å². The van der Waals surface area contributed by atoms with Crippen molar-refractivity contribution in [3.05, 3.63) is 64.3 Å². The van der Waals surface area contributed by atoms with Gasteiger partial charge in [-0.2, -0.15) is 5.10 Å². The van der Waals surface area contributed by atoms with Gasteiger partial charge in [0.05, 0.1) is 36.6 Å². The van der Waals surface area contributed by atoms with Crippen LogP contribution < -0.4 is 14.8 Å². The molecule has 1 atom stereocenters. The number of carbonyl (C=O) groups is 1. The van der Waals surface area contributed by atoms with E-state index in [-0.39, 0.29) is 11.2 Å². The lowest BCUT2D eigenvalue weighted by molar-refractivity contribution is -0.113. The minimum Gasteiger partial charge on any atom is -0.493 e. The van der Waals surface area contributed by atoms with E-state index >= 15 is 0 Å². The molecule has 0 saturated heterocycles. The van der Waals surface area contributed by atoms with Crippen LogP contribution in [0.3, 0.4) is 0 Å². The molecular weight excluding hydrogens is 410 g/mol. The smallest absolute Gasteiger partial charge is 0.235 e. The highest BCUT2D eigenvalue weighted by Crippen LogP contribution is 2.45. The molecule has 4 rings (SSSR count). The molecule has 0 saturated carbocycles. The molecule has 0 aliphatic carbocycles. The largest absolute Gasteiger partial charge is 0.493 e. The Morgan fingerprint density at radius 1 is 1.14 bits per heavy atom. The van der Waals surface area contributed by atoms with Gasteiger partial charge in [0.2, 0.25) is 5.91 Å². The summed E-state index contributed by atoms with van der Waals surface area (Å²) in [7, 11) is 3.22. The Bertz CT molecular complexity index is 1070. The first-order valence-electron chi connectivity index (χ1n) is 9.00. The molecule has 1 N–H and O–H groups in total. The molecule has 2 aromatic carbocycles. The van der Waals surface area contributed by atoms with E-state index < -0.39 is 0 Å². The number of ether oxygens (including phenoxy) is 2. The highest BCUT2D eigenvalue weighted by atomic mass is 35.5. The molecular formula is C21H20ClN3O3S. The van der Waals surface area contributed by atoms with Gasteiger partial charge in [-0.3, -0.25) is 4.79 Å². The number of halogens is 1. The Hall–Kier alpha value is -2.64. The summed E-state index contributed by atoms with van der Waals surface area (Å²) in [6, 6.07) is 13.2. The third kappa shape index (κ3) is 3.68. The molecule has 0 fully saturated rings. The van der Waals surface area contributed by atoms with Crippen LogP contribution in [-0.2, 0) is 4.79 Å². The number of carbonyl (C=O) groups excluding carboxylic acids is 1. The van der Waals surface area contributed by atoms with E-state index in [1.807, 2.05) is 37.3 Å². The monoisotopic (exact) mass is 429 g/mol. The summed E-state index contributed by atoms with van der Waals surface area (Å²) in [6.07, 6.45) is 0. The van der Waals surface area contributed by atoms with Gasteiger partial charge in [0, 0.05) is 10.6 Å². The van der Waals surface area contributed by atoms with E-state index in [0.717, 1.165) is 22.5 Å². The normalized spacial score (nSPS) is 16.0. The van der Waals surface area contributed by atoms with Gasteiger partial charge in [0.1, 0.15) is 5.82 Å². The Labute approximate surface area is 178 Å². The second kappa shape index (κ2) is 8.00. The van der Waals surface area contributed by atoms with Crippen LogP contribution in [0.15, 0.2) is 42.5 Å². The fourth-order valence-electron chi connectivity index (χ4n) is 3.43. The van der Waals surface area contributed by atoms with E-state index in [1.165, 1.54) is 0 Å². The zero-order valence-corrected chi connectivity index (χ0v) is 17.8. The predicted octanol–water partition coefficient (Wildman–Crippen LogP) is 4.63. The second-order valence-corrected chi connectivity index (χ2v) is 8.12. The number of amides is 1. The van der Waals surface area contributed by atoms with Crippen molar-refractivity contribution in [2.24, 2.45) is 0 Å². The standard InChI is InChI=1S/C21H20ClN3O3S/c1-12-19-20(13-4-9-16(27-2)17(10-13)28-3)29-11-18(26)23-21(19)25(24-12)15-7-5-14(22)6-8-15/h4-10,20H,11H2,1-3H3,(H,23,26)/t20-/m1/s1. The molecule has 0 radical (unpaired) electrons. The molecule has 8 heteroatoms. The minimum absolute atomic E-state index is 0.0608. The van der Waals surface area contributed by atoms with E-state index in [2.05, 4.69) is 5.32 Å². The number of methoxy groups -OCH3 is 2. The van der Waals surface area contributed by atoms with Crippen molar-refractivity contribution < 1.29 is 14.3 Å². The van der Waals surface area contributed by atoms with Gasteiger partial charge in [-0.25, -0.2) is 4.68 Å². The van der Waals surface area contributed by atoms with E-state index in [0.29, 0.717) is 28.1 Å². The number of benzene rings is 2. The lowest BCUT2D eigenvalue weighted by atomic mass is 10.0. The van der Waals surface area contributed by atoms with Gasteiger partial charge in [-0.15, -0.1) is 11.8 Å².